The van der Waals surface area contributed by atoms with Gasteiger partial charge in [0.1, 0.15) is 17.4 Å². The molecule has 0 radical (unpaired) electrons. The van der Waals surface area contributed by atoms with Crippen LogP contribution in [-0.2, 0) is 0 Å². The summed E-state index contributed by atoms with van der Waals surface area (Å²) in [6, 6.07) is 5.98. The van der Waals surface area contributed by atoms with Crippen LogP contribution in [-0.4, -0.2) is 15.1 Å². The van der Waals surface area contributed by atoms with E-state index in [0.717, 1.165) is 18.2 Å². The van der Waals surface area contributed by atoms with Gasteiger partial charge in [-0.3, -0.25) is 10.1 Å². The standard InChI is InChI=1S/C6H4FNO3.C6H6FNO/c7-4-1-2-5(8(10)11)6(9)3-4;7-4-1-2-5(8)6(9)3-4/h1-3,9H;1-3,9H,8H2. The van der Waals surface area contributed by atoms with E-state index in [2.05, 4.69) is 0 Å². The highest BCUT2D eigenvalue weighted by Crippen LogP contribution is 2.25. The lowest BCUT2D eigenvalue weighted by Crippen LogP contribution is -1.88. The maximum atomic E-state index is 12.2. The third-order valence-electron chi connectivity index (χ3n) is 2.13. The van der Waals surface area contributed by atoms with Crippen molar-refractivity contribution in [1.82, 2.24) is 0 Å². The molecule has 0 atom stereocenters. The Morgan fingerprint density at radius 1 is 1.00 bits per heavy atom. The molecule has 0 aliphatic rings. The van der Waals surface area contributed by atoms with Gasteiger partial charge in [0.05, 0.1) is 10.6 Å². The number of benzene rings is 2. The van der Waals surface area contributed by atoms with Crippen LogP contribution in [0.2, 0.25) is 0 Å². The number of hydrogen-bond donors (Lipinski definition) is 3. The topological polar surface area (TPSA) is 110 Å². The molecule has 0 aliphatic carbocycles. The fraction of sp³-hybridized carbons (Fsp3) is 0. The largest absolute Gasteiger partial charge is 0.506 e. The lowest BCUT2D eigenvalue weighted by Gasteiger charge is -1.94. The van der Waals surface area contributed by atoms with Crippen LogP contribution in [0.4, 0.5) is 20.2 Å². The zero-order valence-electron chi connectivity index (χ0n) is 9.96. The van der Waals surface area contributed by atoms with Gasteiger partial charge >= 0.3 is 5.69 Å². The molecule has 4 N–H and O–H groups in total. The second-order valence-electron chi connectivity index (χ2n) is 3.59. The summed E-state index contributed by atoms with van der Waals surface area (Å²) < 4.78 is 24.4. The molecule has 0 aliphatic heterocycles. The van der Waals surface area contributed by atoms with Crippen molar-refractivity contribution in [3.8, 4) is 11.5 Å². The van der Waals surface area contributed by atoms with Crippen LogP contribution < -0.4 is 5.73 Å². The molecule has 2 aromatic rings. The molecule has 0 bridgehead atoms. The molecule has 0 fully saturated rings. The van der Waals surface area contributed by atoms with E-state index >= 15 is 0 Å². The molecule has 0 saturated carbocycles. The number of nitro benzene ring substituents is 1. The maximum Gasteiger partial charge on any atom is 0.310 e. The smallest absolute Gasteiger partial charge is 0.310 e. The predicted molar refractivity (Wildman–Crippen MR) is 67.2 cm³/mol. The highest BCUT2D eigenvalue weighted by molar-refractivity contribution is 5.50. The Labute approximate surface area is 111 Å². The van der Waals surface area contributed by atoms with Gasteiger partial charge in [-0.25, -0.2) is 8.78 Å². The summed E-state index contributed by atoms with van der Waals surface area (Å²) in [5, 5.41) is 27.6. The van der Waals surface area contributed by atoms with E-state index in [9.17, 15) is 18.9 Å². The average molecular weight is 284 g/mol. The first-order valence-electron chi connectivity index (χ1n) is 5.18. The fourth-order valence-electron chi connectivity index (χ4n) is 1.17. The third-order valence-corrected chi connectivity index (χ3v) is 2.13. The number of hydrogen-bond acceptors (Lipinski definition) is 5. The van der Waals surface area contributed by atoms with Crippen molar-refractivity contribution in [2.75, 3.05) is 5.73 Å². The van der Waals surface area contributed by atoms with E-state index in [0.29, 0.717) is 6.07 Å². The summed E-state index contributed by atoms with van der Waals surface area (Å²) in [6.45, 7) is 0. The first-order chi connectivity index (χ1) is 9.31. The Bertz CT molecular complexity index is 635. The monoisotopic (exact) mass is 284 g/mol. The normalized spacial score (nSPS) is 9.50. The van der Waals surface area contributed by atoms with E-state index in [-0.39, 0.29) is 11.4 Å². The number of aromatic hydroxyl groups is 2. The molecule has 0 amide bonds. The lowest BCUT2D eigenvalue weighted by molar-refractivity contribution is -0.385. The average Bonchev–Trinajstić information content (AvgIpc) is 2.34. The van der Waals surface area contributed by atoms with Crippen molar-refractivity contribution in [3.63, 3.8) is 0 Å². The first kappa shape index (κ1) is 15.2. The molecule has 2 rings (SSSR count). The molecular formula is C12H10F2N2O4. The SMILES string of the molecule is Nc1ccc(F)cc1O.O=[N+]([O-])c1ccc(F)cc1O. The molecule has 0 saturated heterocycles. The van der Waals surface area contributed by atoms with Gasteiger partial charge in [0.15, 0.2) is 5.75 Å². The molecule has 0 heterocycles. The number of nitrogen functional groups attached to an aromatic ring is 1. The van der Waals surface area contributed by atoms with Gasteiger partial charge in [-0.15, -0.1) is 0 Å². The highest BCUT2D eigenvalue weighted by Gasteiger charge is 2.12. The molecule has 2 aromatic carbocycles. The number of phenolic OH excluding ortho intramolecular Hbond substituents is 2. The summed E-state index contributed by atoms with van der Waals surface area (Å²) in [6.07, 6.45) is 0. The van der Waals surface area contributed by atoms with E-state index in [1.54, 1.807) is 0 Å². The van der Waals surface area contributed by atoms with Crippen LogP contribution in [0, 0.1) is 21.7 Å². The van der Waals surface area contributed by atoms with Crippen LogP contribution in [0.1, 0.15) is 0 Å². The third kappa shape index (κ3) is 4.09. The minimum atomic E-state index is -0.783. The van der Waals surface area contributed by atoms with Gasteiger partial charge < -0.3 is 15.9 Å². The minimum absolute atomic E-state index is 0.191. The van der Waals surface area contributed by atoms with E-state index in [1.165, 1.54) is 12.1 Å². The van der Waals surface area contributed by atoms with Crippen LogP contribution >= 0.6 is 0 Å². The van der Waals surface area contributed by atoms with E-state index in [1.807, 2.05) is 0 Å². The minimum Gasteiger partial charge on any atom is -0.506 e. The molecular weight excluding hydrogens is 274 g/mol. The molecule has 8 heteroatoms. The van der Waals surface area contributed by atoms with Crippen molar-refractivity contribution in [2.45, 2.75) is 0 Å². The quantitative estimate of drug-likeness (QED) is 0.322. The summed E-state index contributed by atoms with van der Waals surface area (Å²) >= 11 is 0. The van der Waals surface area contributed by atoms with Gasteiger partial charge in [0.2, 0.25) is 0 Å². The molecule has 6 nitrogen and oxygen atoms in total. The highest BCUT2D eigenvalue weighted by atomic mass is 19.1. The van der Waals surface area contributed by atoms with Crippen molar-refractivity contribution in [2.24, 2.45) is 0 Å². The van der Waals surface area contributed by atoms with Crippen molar-refractivity contribution in [3.05, 3.63) is 58.1 Å². The number of nitrogens with zero attached hydrogens (tertiary/aromatic N) is 1. The van der Waals surface area contributed by atoms with E-state index in [4.69, 9.17) is 15.9 Å². The Hall–Kier alpha value is -2.90. The number of rotatable bonds is 1. The van der Waals surface area contributed by atoms with Crippen LogP contribution in [0.25, 0.3) is 0 Å². The molecule has 106 valence electrons. The molecule has 0 aromatic heterocycles. The van der Waals surface area contributed by atoms with Gasteiger partial charge in [-0.2, -0.15) is 0 Å². The number of halogens is 2. The second kappa shape index (κ2) is 6.32. The Kier molecular flexibility index (Phi) is 4.79. The second-order valence-corrected chi connectivity index (χ2v) is 3.59. The Morgan fingerprint density at radius 2 is 1.50 bits per heavy atom. The zero-order chi connectivity index (χ0) is 15.3. The fourth-order valence-corrected chi connectivity index (χ4v) is 1.17. The summed E-state index contributed by atoms with van der Waals surface area (Å²) in [5.74, 6) is -2.06. The van der Waals surface area contributed by atoms with Crippen molar-refractivity contribution >= 4 is 11.4 Å². The molecule has 0 spiro atoms. The van der Waals surface area contributed by atoms with Crippen molar-refractivity contribution < 1.29 is 23.9 Å². The molecule has 20 heavy (non-hydrogen) atoms. The van der Waals surface area contributed by atoms with Crippen molar-refractivity contribution in [1.29, 1.82) is 0 Å². The summed E-state index contributed by atoms with van der Waals surface area (Å²) in [5.41, 5.74) is 4.87. The lowest BCUT2D eigenvalue weighted by atomic mass is 10.3. The van der Waals surface area contributed by atoms with Gasteiger partial charge in [-0.1, -0.05) is 0 Å². The number of anilines is 1. The van der Waals surface area contributed by atoms with Gasteiger partial charge in [-0.05, 0) is 18.2 Å². The maximum absolute atomic E-state index is 12.2. The number of phenols is 2. The van der Waals surface area contributed by atoms with E-state index < -0.39 is 28.0 Å². The number of nitro groups is 1. The predicted octanol–water partition coefficient (Wildman–Crippen LogP) is 2.55. The van der Waals surface area contributed by atoms with Gasteiger partial charge in [0.25, 0.3) is 0 Å². The zero-order valence-corrected chi connectivity index (χ0v) is 9.96. The summed E-state index contributed by atoms with van der Waals surface area (Å²) in [7, 11) is 0. The van der Waals surface area contributed by atoms with Gasteiger partial charge in [0, 0.05) is 18.2 Å². The Morgan fingerprint density at radius 3 is 1.90 bits per heavy atom. The number of nitrogens with two attached hydrogens (primary N) is 1. The van der Waals surface area contributed by atoms with Crippen LogP contribution in [0.15, 0.2) is 36.4 Å². The van der Waals surface area contributed by atoms with Crippen LogP contribution in [0.3, 0.4) is 0 Å². The van der Waals surface area contributed by atoms with Crippen LogP contribution in [0.5, 0.6) is 11.5 Å². The summed E-state index contributed by atoms with van der Waals surface area (Å²) in [4.78, 5) is 9.27. The Balaban J connectivity index is 0.000000204. The first-order valence-corrected chi connectivity index (χ1v) is 5.18. The molecule has 0 unspecified atom stereocenters.